The highest BCUT2D eigenvalue weighted by atomic mass is 16.5. The van der Waals surface area contributed by atoms with E-state index in [2.05, 4.69) is 5.32 Å². The summed E-state index contributed by atoms with van der Waals surface area (Å²) < 4.78 is 5.32. The van der Waals surface area contributed by atoms with Gasteiger partial charge in [0.1, 0.15) is 0 Å². The molecule has 1 aliphatic rings. The minimum Gasteiger partial charge on any atom is -0.382 e. The minimum atomic E-state index is -0.549. The molecular formula is C18H24N2O3. The van der Waals surface area contributed by atoms with E-state index in [1.54, 1.807) is 31.2 Å². The van der Waals surface area contributed by atoms with Gasteiger partial charge < -0.3 is 15.0 Å². The van der Waals surface area contributed by atoms with E-state index in [1.807, 2.05) is 30.3 Å². The van der Waals surface area contributed by atoms with Gasteiger partial charge in [0.05, 0.1) is 18.6 Å². The number of methoxy groups -OCH3 is 1. The number of nitrogens with one attached hydrogen (secondary N) is 1. The Balaban J connectivity index is 2.15. The quantitative estimate of drug-likeness (QED) is 0.815. The van der Waals surface area contributed by atoms with E-state index in [1.165, 1.54) is 0 Å². The summed E-state index contributed by atoms with van der Waals surface area (Å²) in [5.41, 5.74) is 0.427. The zero-order valence-electron chi connectivity index (χ0n) is 13.7. The van der Waals surface area contributed by atoms with Crippen LogP contribution in [0.2, 0.25) is 0 Å². The molecule has 2 amide bonds. The van der Waals surface area contributed by atoms with Crippen molar-refractivity contribution in [3.63, 3.8) is 0 Å². The number of hydrogen-bond acceptors (Lipinski definition) is 3. The van der Waals surface area contributed by atoms with Crippen LogP contribution in [0.3, 0.4) is 0 Å². The Kier molecular flexibility index (Phi) is 5.93. The Hall–Kier alpha value is -2.14. The SMILES string of the molecule is CNC(=O)C[C@@]1(COC)CCCN1C(=O)/C=C/c1ccccc1. The van der Waals surface area contributed by atoms with Crippen LogP contribution in [0, 0.1) is 0 Å². The van der Waals surface area contributed by atoms with E-state index in [-0.39, 0.29) is 18.2 Å². The van der Waals surface area contributed by atoms with Gasteiger partial charge in [0.15, 0.2) is 0 Å². The van der Waals surface area contributed by atoms with Crippen molar-refractivity contribution in [1.29, 1.82) is 0 Å². The van der Waals surface area contributed by atoms with Gasteiger partial charge >= 0.3 is 0 Å². The third kappa shape index (κ3) is 4.20. The molecule has 1 saturated heterocycles. The van der Waals surface area contributed by atoms with Crippen LogP contribution < -0.4 is 5.32 Å². The molecule has 0 radical (unpaired) electrons. The third-order valence-electron chi connectivity index (χ3n) is 4.26. The first kappa shape index (κ1) is 17.2. The molecule has 5 nitrogen and oxygen atoms in total. The van der Waals surface area contributed by atoms with Gasteiger partial charge in [-0.25, -0.2) is 0 Å². The van der Waals surface area contributed by atoms with Gasteiger partial charge in [0.2, 0.25) is 11.8 Å². The van der Waals surface area contributed by atoms with Gasteiger partial charge in [-0.15, -0.1) is 0 Å². The monoisotopic (exact) mass is 316 g/mol. The number of amides is 2. The zero-order valence-corrected chi connectivity index (χ0v) is 13.7. The molecule has 1 N–H and O–H groups in total. The average molecular weight is 316 g/mol. The molecule has 0 spiro atoms. The van der Waals surface area contributed by atoms with Crippen molar-refractivity contribution in [3.8, 4) is 0 Å². The normalized spacial score (nSPS) is 20.9. The molecule has 0 unspecified atom stereocenters. The molecule has 23 heavy (non-hydrogen) atoms. The van der Waals surface area contributed by atoms with Crippen molar-refractivity contribution in [1.82, 2.24) is 10.2 Å². The number of nitrogens with zero attached hydrogens (tertiary/aromatic N) is 1. The van der Waals surface area contributed by atoms with Crippen LogP contribution in [0.15, 0.2) is 36.4 Å². The predicted octanol–water partition coefficient (Wildman–Crippen LogP) is 1.84. The van der Waals surface area contributed by atoms with E-state index in [0.717, 1.165) is 18.4 Å². The molecule has 0 bridgehead atoms. The molecule has 1 aromatic carbocycles. The summed E-state index contributed by atoms with van der Waals surface area (Å²) in [5, 5.41) is 2.64. The highest BCUT2D eigenvalue weighted by Crippen LogP contribution is 2.33. The van der Waals surface area contributed by atoms with Crippen LogP contribution in [0.4, 0.5) is 0 Å². The Bertz CT molecular complexity index is 571. The van der Waals surface area contributed by atoms with Crippen molar-refractivity contribution >= 4 is 17.9 Å². The minimum absolute atomic E-state index is 0.0752. The standard InChI is InChI=1S/C18H24N2O3/c1-19-16(21)13-18(14-23-2)11-6-12-20(18)17(22)10-9-15-7-4-3-5-8-15/h3-5,7-10H,6,11-14H2,1-2H3,(H,19,21)/b10-9+/t18-/m1/s1. The fourth-order valence-corrected chi connectivity index (χ4v) is 3.14. The number of hydrogen-bond donors (Lipinski definition) is 1. The summed E-state index contributed by atoms with van der Waals surface area (Å²) in [7, 11) is 3.21. The molecule has 1 atom stereocenters. The zero-order chi connectivity index (χ0) is 16.7. The number of benzene rings is 1. The summed E-state index contributed by atoms with van der Waals surface area (Å²) in [6, 6.07) is 9.69. The maximum Gasteiger partial charge on any atom is 0.247 e. The first-order valence-electron chi connectivity index (χ1n) is 7.85. The lowest BCUT2D eigenvalue weighted by molar-refractivity contribution is -0.135. The van der Waals surface area contributed by atoms with Crippen molar-refractivity contribution in [2.75, 3.05) is 27.3 Å². The molecule has 0 aliphatic carbocycles. The number of ether oxygens (including phenoxy) is 1. The highest BCUT2D eigenvalue weighted by Gasteiger charge is 2.44. The summed E-state index contributed by atoms with van der Waals surface area (Å²) >= 11 is 0. The van der Waals surface area contributed by atoms with Gasteiger partial charge in [0.25, 0.3) is 0 Å². The van der Waals surface area contributed by atoms with Gasteiger partial charge in [-0.1, -0.05) is 30.3 Å². The summed E-state index contributed by atoms with van der Waals surface area (Å²) in [4.78, 5) is 26.3. The number of likely N-dealkylation sites (tertiary alicyclic amines) is 1. The number of carbonyl (C=O) groups excluding carboxylic acids is 2. The molecule has 0 saturated carbocycles. The molecule has 1 fully saturated rings. The molecule has 2 rings (SSSR count). The van der Waals surface area contributed by atoms with E-state index < -0.39 is 5.54 Å². The first-order valence-corrected chi connectivity index (χ1v) is 7.85. The predicted molar refractivity (Wildman–Crippen MR) is 89.7 cm³/mol. The second-order valence-corrected chi connectivity index (χ2v) is 5.84. The largest absolute Gasteiger partial charge is 0.382 e. The third-order valence-corrected chi connectivity index (χ3v) is 4.26. The molecule has 0 aromatic heterocycles. The van der Waals surface area contributed by atoms with Gasteiger partial charge in [-0.05, 0) is 24.5 Å². The molecule has 1 heterocycles. The van der Waals surface area contributed by atoms with Crippen LogP contribution in [-0.4, -0.2) is 49.6 Å². The Morgan fingerprint density at radius 1 is 1.35 bits per heavy atom. The topological polar surface area (TPSA) is 58.6 Å². The molecule has 1 aromatic rings. The van der Waals surface area contributed by atoms with E-state index in [9.17, 15) is 9.59 Å². The fraction of sp³-hybridized carbons (Fsp3) is 0.444. The van der Waals surface area contributed by atoms with Crippen LogP contribution in [0.5, 0.6) is 0 Å². The van der Waals surface area contributed by atoms with Crippen LogP contribution in [0.25, 0.3) is 6.08 Å². The second-order valence-electron chi connectivity index (χ2n) is 5.84. The van der Waals surface area contributed by atoms with Crippen molar-refractivity contribution < 1.29 is 14.3 Å². The molecule has 1 aliphatic heterocycles. The van der Waals surface area contributed by atoms with Crippen molar-refractivity contribution in [3.05, 3.63) is 42.0 Å². The van der Waals surface area contributed by atoms with Crippen LogP contribution in [-0.2, 0) is 14.3 Å². The van der Waals surface area contributed by atoms with Crippen molar-refractivity contribution in [2.24, 2.45) is 0 Å². The molecule has 124 valence electrons. The van der Waals surface area contributed by atoms with E-state index in [0.29, 0.717) is 13.2 Å². The lowest BCUT2D eigenvalue weighted by Crippen LogP contribution is -2.52. The van der Waals surface area contributed by atoms with Crippen LogP contribution in [0.1, 0.15) is 24.8 Å². The summed E-state index contributed by atoms with van der Waals surface area (Å²) in [6.07, 6.45) is 5.31. The Morgan fingerprint density at radius 3 is 2.74 bits per heavy atom. The lowest BCUT2D eigenvalue weighted by atomic mass is 9.92. The number of carbonyl (C=O) groups is 2. The smallest absolute Gasteiger partial charge is 0.247 e. The molecular weight excluding hydrogens is 292 g/mol. The maximum atomic E-state index is 12.6. The number of rotatable bonds is 6. The van der Waals surface area contributed by atoms with Crippen LogP contribution >= 0.6 is 0 Å². The summed E-state index contributed by atoms with van der Waals surface area (Å²) in [5.74, 6) is -0.152. The van der Waals surface area contributed by atoms with E-state index in [4.69, 9.17) is 4.74 Å². The lowest BCUT2D eigenvalue weighted by Gasteiger charge is -2.37. The van der Waals surface area contributed by atoms with Gasteiger partial charge in [-0.3, -0.25) is 9.59 Å². The highest BCUT2D eigenvalue weighted by molar-refractivity contribution is 5.93. The average Bonchev–Trinajstić information content (AvgIpc) is 2.97. The van der Waals surface area contributed by atoms with E-state index >= 15 is 0 Å². The van der Waals surface area contributed by atoms with Gasteiger partial charge in [0, 0.05) is 26.8 Å². The first-order chi connectivity index (χ1) is 11.1. The van der Waals surface area contributed by atoms with Gasteiger partial charge in [-0.2, -0.15) is 0 Å². The summed E-state index contributed by atoms with van der Waals surface area (Å²) in [6.45, 7) is 1.02. The fourth-order valence-electron chi connectivity index (χ4n) is 3.14. The Morgan fingerprint density at radius 2 is 2.09 bits per heavy atom. The van der Waals surface area contributed by atoms with Crippen molar-refractivity contribution in [2.45, 2.75) is 24.8 Å². The molecule has 5 heteroatoms. The Labute approximate surface area is 137 Å². The second kappa shape index (κ2) is 7.92. The maximum absolute atomic E-state index is 12.6.